The molecule has 3 rings (SSSR count). The smallest absolute Gasteiger partial charge is 0.219 e. The van der Waals surface area contributed by atoms with Gasteiger partial charge >= 0.3 is 0 Å². The van der Waals surface area contributed by atoms with Gasteiger partial charge in [0.15, 0.2) is 0 Å². The number of nitrogens with one attached hydrogen (secondary N) is 2. The van der Waals surface area contributed by atoms with Crippen molar-refractivity contribution in [1.29, 1.82) is 5.26 Å². The number of aromatic amines is 1. The molecule has 2 aromatic rings. The Morgan fingerprint density at radius 1 is 1.45 bits per heavy atom. The first-order valence-corrected chi connectivity index (χ1v) is 8.16. The number of rotatable bonds is 5. The Morgan fingerprint density at radius 2 is 2.23 bits per heavy atom. The molecule has 0 amide bonds. The molecule has 112 valence electrons. The molecule has 4 nitrogen and oxygen atoms in total. The van der Waals surface area contributed by atoms with Crippen LogP contribution >= 0.6 is 11.9 Å². The van der Waals surface area contributed by atoms with Crippen LogP contribution in [0.3, 0.4) is 0 Å². The first-order chi connectivity index (χ1) is 10.6. The summed E-state index contributed by atoms with van der Waals surface area (Å²) < 4.78 is 3.40. The molecule has 1 fully saturated rings. The van der Waals surface area contributed by atoms with Crippen LogP contribution in [0.1, 0.15) is 35.8 Å². The van der Waals surface area contributed by atoms with E-state index in [0.717, 1.165) is 27.4 Å². The number of anilines is 1. The topological polar surface area (TPSA) is 68.7 Å². The van der Waals surface area contributed by atoms with Crippen molar-refractivity contribution in [2.45, 2.75) is 31.9 Å². The number of aryl methyl sites for hydroxylation is 1. The van der Waals surface area contributed by atoms with Crippen LogP contribution in [0.5, 0.6) is 0 Å². The second-order valence-corrected chi connectivity index (χ2v) is 6.61. The maximum atomic E-state index is 12.2. The van der Waals surface area contributed by atoms with Crippen LogP contribution in [0, 0.1) is 18.3 Å². The first kappa shape index (κ1) is 14.7. The fourth-order valence-electron chi connectivity index (χ4n) is 2.25. The molecule has 0 aliphatic heterocycles. The molecule has 1 aromatic carbocycles. The molecule has 1 heterocycles. The number of Topliss-reactive ketones (excluding diaryl/α,β-unsaturated/α-hetero) is 1. The van der Waals surface area contributed by atoms with Crippen LogP contribution in [0.2, 0.25) is 0 Å². The van der Waals surface area contributed by atoms with Crippen LogP contribution in [0.15, 0.2) is 29.8 Å². The molecule has 1 aliphatic rings. The van der Waals surface area contributed by atoms with Gasteiger partial charge in [0.1, 0.15) is 6.07 Å². The summed E-state index contributed by atoms with van der Waals surface area (Å²) in [7, 11) is 0. The SMILES string of the molecule is C/C=C(\C#N)C(=O)c1cc2cc(C)c(NSC3CC3)cc2[nH]1. The van der Waals surface area contributed by atoms with Crippen molar-refractivity contribution in [3.05, 3.63) is 41.1 Å². The van der Waals surface area contributed by atoms with E-state index in [-0.39, 0.29) is 11.4 Å². The van der Waals surface area contributed by atoms with Gasteiger partial charge in [0.2, 0.25) is 5.78 Å². The van der Waals surface area contributed by atoms with E-state index < -0.39 is 0 Å². The average Bonchev–Trinajstić information content (AvgIpc) is 3.25. The molecule has 0 atom stereocenters. The van der Waals surface area contributed by atoms with E-state index >= 15 is 0 Å². The number of H-pyrrole nitrogens is 1. The van der Waals surface area contributed by atoms with Gasteiger partial charge in [-0.05, 0) is 62.4 Å². The van der Waals surface area contributed by atoms with Gasteiger partial charge in [-0.15, -0.1) is 0 Å². The number of carbonyl (C=O) groups is 1. The van der Waals surface area contributed by atoms with Crippen molar-refractivity contribution in [1.82, 2.24) is 4.98 Å². The van der Waals surface area contributed by atoms with E-state index in [0.29, 0.717) is 5.69 Å². The van der Waals surface area contributed by atoms with Gasteiger partial charge in [0, 0.05) is 21.8 Å². The maximum Gasteiger partial charge on any atom is 0.219 e. The van der Waals surface area contributed by atoms with Gasteiger partial charge in [-0.2, -0.15) is 5.26 Å². The lowest BCUT2D eigenvalue weighted by molar-refractivity contribution is 0.103. The lowest BCUT2D eigenvalue weighted by Crippen LogP contribution is -2.01. The molecule has 22 heavy (non-hydrogen) atoms. The lowest BCUT2D eigenvalue weighted by Gasteiger charge is -2.08. The number of hydrogen-bond acceptors (Lipinski definition) is 4. The Morgan fingerprint density at radius 3 is 2.86 bits per heavy atom. The zero-order chi connectivity index (χ0) is 15.7. The number of nitriles is 1. The molecule has 5 heteroatoms. The highest BCUT2D eigenvalue weighted by atomic mass is 32.2. The Hall–Kier alpha value is -2.19. The normalized spacial score (nSPS) is 14.9. The van der Waals surface area contributed by atoms with E-state index in [2.05, 4.69) is 22.7 Å². The fourth-order valence-corrected chi connectivity index (χ4v) is 3.14. The zero-order valence-electron chi connectivity index (χ0n) is 12.6. The second-order valence-electron chi connectivity index (χ2n) is 5.50. The van der Waals surface area contributed by atoms with Gasteiger partial charge in [-0.3, -0.25) is 4.79 Å². The number of benzene rings is 1. The minimum atomic E-state index is -0.263. The third-order valence-corrected chi connectivity index (χ3v) is 4.87. The Balaban J connectivity index is 1.92. The summed E-state index contributed by atoms with van der Waals surface area (Å²) in [6, 6.07) is 7.82. The average molecular weight is 311 g/mol. The summed E-state index contributed by atoms with van der Waals surface area (Å²) in [6.45, 7) is 3.75. The predicted molar refractivity (Wildman–Crippen MR) is 91.0 cm³/mol. The molecule has 1 saturated carbocycles. The van der Waals surface area contributed by atoms with E-state index in [9.17, 15) is 4.79 Å². The number of carbonyl (C=O) groups excluding carboxylic acids is 1. The zero-order valence-corrected chi connectivity index (χ0v) is 13.4. The molecule has 0 saturated heterocycles. The summed E-state index contributed by atoms with van der Waals surface area (Å²) in [6.07, 6.45) is 4.10. The van der Waals surface area contributed by atoms with E-state index in [1.54, 1.807) is 24.9 Å². The largest absolute Gasteiger partial charge is 0.352 e. The highest BCUT2D eigenvalue weighted by Gasteiger charge is 2.22. The van der Waals surface area contributed by atoms with Crippen LogP contribution < -0.4 is 4.72 Å². The number of nitrogens with zero attached hydrogens (tertiary/aromatic N) is 1. The van der Waals surface area contributed by atoms with Gasteiger partial charge in [-0.25, -0.2) is 0 Å². The van der Waals surface area contributed by atoms with Crippen molar-refractivity contribution >= 4 is 34.3 Å². The number of hydrogen-bond donors (Lipinski definition) is 2. The summed E-state index contributed by atoms with van der Waals surface area (Å²) in [4.78, 5) is 15.4. The molecule has 0 unspecified atom stereocenters. The molecule has 0 spiro atoms. The first-order valence-electron chi connectivity index (χ1n) is 7.28. The Labute approximate surface area is 133 Å². The summed E-state index contributed by atoms with van der Waals surface area (Å²) in [5.41, 5.74) is 3.73. The Bertz CT molecular complexity index is 809. The van der Waals surface area contributed by atoms with Gasteiger partial charge in [-0.1, -0.05) is 6.08 Å². The summed E-state index contributed by atoms with van der Waals surface area (Å²) in [5.74, 6) is -0.263. The molecule has 1 aromatic heterocycles. The maximum absolute atomic E-state index is 12.2. The number of aromatic nitrogens is 1. The van der Waals surface area contributed by atoms with Crippen molar-refractivity contribution in [2.75, 3.05) is 4.72 Å². The monoisotopic (exact) mass is 311 g/mol. The van der Waals surface area contributed by atoms with Crippen LogP contribution in [-0.2, 0) is 0 Å². The summed E-state index contributed by atoms with van der Waals surface area (Å²) in [5, 5.41) is 10.7. The molecular formula is C17H17N3OS. The molecular weight excluding hydrogens is 294 g/mol. The minimum absolute atomic E-state index is 0.158. The number of allylic oxidation sites excluding steroid dienone is 2. The van der Waals surface area contributed by atoms with Crippen molar-refractivity contribution in [2.24, 2.45) is 0 Å². The van der Waals surface area contributed by atoms with Crippen LogP contribution in [0.4, 0.5) is 5.69 Å². The molecule has 1 aliphatic carbocycles. The Kier molecular flexibility index (Phi) is 3.95. The minimum Gasteiger partial charge on any atom is -0.352 e. The van der Waals surface area contributed by atoms with Crippen molar-refractivity contribution in [3.8, 4) is 6.07 Å². The molecule has 0 radical (unpaired) electrons. The standard InChI is InChI=1S/C17H17N3OS/c1-3-11(9-18)17(21)16-7-12-6-10(2)14(8-15(12)19-16)20-22-13-4-5-13/h3,6-8,13,19-20H,4-5H2,1-2H3/b11-3+. The highest BCUT2D eigenvalue weighted by Crippen LogP contribution is 2.36. The van der Waals surface area contributed by atoms with E-state index in [1.165, 1.54) is 12.8 Å². The second kappa shape index (κ2) is 5.90. The van der Waals surface area contributed by atoms with Gasteiger partial charge < -0.3 is 9.71 Å². The third-order valence-electron chi connectivity index (χ3n) is 3.72. The van der Waals surface area contributed by atoms with E-state index in [4.69, 9.17) is 5.26 Å². The fraction of sp³-hybridized carbons (Fsp3) is 0.294. The quantitative estimate of drug-likeness (QED) is 0.373. The third kappa shape index (κ3) is 2.88. The van der Waals surface area contributed by atoms with Gasteiger partial charge in [0.05, 0.1) is 11.3 Å². The number of fused-ring (bicyclic) bond motifs is 1. The van der Waals surface area contributed by atoms with Crippen LogP contribution in [0.25, 0.3) is 10.9 Å². The summed E-state index contributed by atoms with van der Waals surface area (Å²) >= 11 is 1.76. The molecule has 2 N–H and O–H groups in total. The van der Waals surface area contributed by atoms with E-state index in [1.807, 2.05) is 18.2 Å². The van der Waals surface area contributed by atoms with Gasteiger partial charge in [0.25, 0.3) is 0 Å². The predicted octanol–water partition coefficient (Wildman–Crippen LogP) is 4.35. The van der Waals surface area contributed by atoms with Crippen LogP contribution in [-0.4, -0.2) is 16.0 Å². The molecule has 0 bridgehead atoms. The highest BCUT2D eigenvalue weighted by molar-refractivity contribution is 8.01. The lowest BCUT2D eigenvalue weighted by atomic mass is 10.1. The van der Waals surface area contributed by atoms with Crippen molar-refractivity contribution < 1.29 is 4.79 Å². The van der Waals surface area contributed by atoms with Crippen molar-refractivity contribution in [3.63, 3.8) is 0 Å². The number of ketones is 1.